The van der Waals surface area contributed by atoms with Crippen LogP contribution in [0.4, 0.5) is 0 Å². The fourth-order valence-corrected chi connectivity index (χ4v) is 1.15. The van der Waals surface area contributed by atoms with Crippen LogP contribution in [-0.2, 0) is 0 Å². The molecule has 0 bridgehead atoms. The van der Waals surface area contributed by atoms with Gasteiger partial charge in [0.05, 0.1) is 6.04 Å². The maximum absolute atomic E-state index is 8.59. The quantitative estimate of drug-likeness (QED) is 0.338. The van der Waals surface area contributed by atoms with Crippen LogP contribution in [0.25, 0.3) is 0 Å². The Kier molecular flexibility index (Phi) is 4.50. The summed E-state index contributed by atoms with van der Waals surface area (Å²) in [5.74, 6) is 0.564. The third kappa shape index (κ3) is 3.82. The Morgan fingerprint density at radius 1 is 1.43 bits per heavy atom. The maximum Gasteiger partial charge on any atom is 0.451 e. The average Bonchev–Trinajstić information content (AvgIpc) is 2.64. The lowest BCUT2D eigenvalue weighted by atomic mass is 9.83. The van der Waals surface area contributed by atoms with Crippen molar-refractivity contribution in [1.82, 2.24) is 20.6 Å². The monoisotopic (exact) mass is 199 g/mol. The molecule has 0 saturated carbocycles. The Morgan fingerprint density at radius 2 is 2.21 bits per heavy atom. The van der Waals surface area contributed by atoms with Gasteiger partial charge in [0.25, 0.3) is 0 Å². The summed E-state index contributed by atoms with van der Waals surface area (Å²) >= 11 is 0. The first-order valence-electron chi connectivity index (χ1n) is 4.55. The molecule has 1 aromatic heterocycles. The lowest BCUT2D eigenvalue weighted by Gasteiger charge is -2.06. The molecule has 0 amide bonds. The van der Waals surface area contributed by atoms with E-state index in [9.17, 15) is 0 Å². The number of hydrogen-bond acceptors (Lipinski definition) is 6. The summed E-state index contributed by atoms with van der Waals surface area (Å²) in [6.07, 6.45) is 2.65. The van der Waals surface area contributed by atoms with Crippen LogP contribution >= 0.6 is 0 Å². The second-order valence-corrected chi connectivity index (χ2v) is 3.16. The third-order valence-electron chi connectivity index (χ3n) is 1.94. The van der Waals surface area contributed by atoms with Crippen LogP contribution in [-0.4, -0.2) is 37.8 Å². The number of aromatic nitrogens is 4. The van der Waals surface area contributed by atoms with Gasteiger partial charge in [0.15, 0.2) is 5.82 Å². The average molecular weight is 199 g/mol. The first kappa shape index (κ1) is 11.1. The van der Waals surface area contributed by atoms with Gasteiger partial charge >= 0.3 is 7.12 Å². The zero-order valence-electron chi connectivity index (χ0n) is 7.80. The molecule has 78 valence electrons. The van der Waals surface area contributed by atoms with Crippen LogP contribution in [0.2, 0.25) is 6.32 Å². The number of nitrogens with two attached hydrogens (primary N) is 1. The van der Waals surface area contributed by atoms with E-state index < -0.39 is 7.12 Å². The molecule has 0 radical (unpaired) electrons. The van der Waals surface area contributed by atoms with Crippen molar-refractivity contribution in [2.24, 2.45) is 5.73 Å². The Hall–Kier alpha value is -0.985. The summed E-state index contributed by atoms with van der Waals surface area (Å²) in [7, 11) is -1.22. The highest BCUT2D eigenvalue weighted by atomic mass is 16.4. The van der Waals surface area contributed by atoms with Crippen LogP contribution in [0, 0.1) is 0 Å². The van der Waals surface area contributed by atoms with Crippen molar-refractivity contribution < 1.29 is 10.0 Å². The minimum absolute atomic E-state index is 0.208. The molecular weight excluding hydrogens is 185 g/mol. The predicted molar refractivity (Wildman–Crippen MR) is 50.0 cm³/mol. The summed E-state index contributed by atoms with van der Waals surface area (Å²) in [6.45, 7) is 0. The minimum atomic E-state index is -1.22. The van der Waals surface area contributed by atoms with E-state index in [1.807, 2.05) is 0 Å². The normalized spacial score (nSPS) is 12.8. The molecular formula is C6H14BN5O2. The van der Waals surface area contributed by atoms with Crippen LogP contribution in [0.5, 0.6) is 0 Å². The summed E-state index contributed by atoms with van der Waals surface area (Å²) in [5.41, 5.74) is 5.76. The summed E-state index contributed by atoms with van der Waals surface area (Å²) in [5, 5.41) is 30.3. The minimum Gasteiger partial charge on any atom is -0.427 e. The number of unbranched alkanes of at least 4 members (excludes halogenated alkanes) is 1. The highest BCUT2D eigenvalue weighted by Gasteiger charge is 2.10. The smallest absolute Gasteiger partial charge is 0.427 e. The molecule has 0 aliphatic rings. The van der Waals surface area contributed by atoms with Crippen molar-refractivity contribution in [2.75, 3.05) is 0 Å². The maximum atomic E-state index is 8.59. The van der Waals surface area contributed by atoms with E-state index in [0.717, 1.165) is 19.3 Å². The van der Waals surface area contributed by atoms with Crippen LogP contribution < -0.4 is 5.73 Å². The van der Waals surface area contributed by atoms with Gasteiger partial charge in [-0.3, -0.25) is 0 Å². The standard InChI is InChI=1S/C6H14BN5O2/c8-5(6-9-11-12-10-6)3-1-2-4-7(13)14/h5,13-14H,1-4,8H2,(H,9,10,11,12). The zero-order chi connectivity index (χ0) is 10.4. The number of aromatic amines is 1. The number of nitrogens with one attached hydrogen (secondary N) is 1. The Labute approximate surface area is 81.9 Å². The van der Waals surface area contributed by atoms with Crippen LogP contribution in [0.15, 0.2) is 0 Å². The molecule has 1 aromatic rings. The lowest BCUT2D eigenvalue weighted by molar-refractivity contribution is 0.400. The van der Waals surface area contributed by atoms with Crippen molar-refractivity contribution in [2.45, 2.75) is 31.6 Å². The largest absolute Gasteiger partial charge is 0.451 e. The van der Waals surface area contributed by atoms with Crippen molar-refractivity contribution >= 4 is 7.12 Å². The van der Waals surface area contributed by atoms with Gasteiger partial charge in [-0.25, -0.2) is 5.10 Å². The molecule has 5 N–H and O–H groups in total. The van der Waals surface area contributed by atoms with Gasteiger partial charge in [0.1, 0.15) is 0 Å². The summed E-state index contributed by atoms with van der Waals surface area (Å²) < 4.78 is 0. The predicted octanol–water partition coefficient (Wildman–Crippen LogP) is -1.16. The van der Waals surface area contributed by atoms with Gasteiger partial charge in [-0.15, -0.1) is 5.10 Å². The van der Waals surface area contributed by atoms with E-state index in [2.05, 4.69) is 20.6 Å². The molecule has 1 atom stereocenters. The molecule has 8 heteroatoms. The number of nitrogens with zero attached hydrogens (tertiary/aromatic N) is 3. The second-order valence-electron chi connectivity index (χ2n) is 3.16. The highest BCUT2D eigenvalue weighted by molar-refractivity contribution is 6.40. The van der Waals surface area contributed by atoms with E-state index >= 15 is 0 Å². The van der Waals surface area contributed by atoms with Gasteiger partial charge in [-0.2, -0.15) is 0 Å². The molecule has 0 aromatic carbocycles. The molecule has 14 heavy (non-hydrogen) atoms. The number of H-pyrrole nitrogens is 1. The first-order chi connectivity index (χ1) is 6.70. The molecule has 0 spiro atoms. The van der Waals surface area contributed by atoms with Gasteiger partial charge in [0.2, 0.25) is 0 Å². The fraction of sp³-hybridized carbons (Fsp3) is 0.833. The summed E-state index contributed by atoms with van der Waals surface area (Å²) in [6, 6.07) is -0.208. The van der Waals surface area contributed by atoms with Crippen molar-refractivity contribution in [3.8, 4) is 0 Å². The van der Waals surface area contributed by atoms with Gasteiger partial charge < -0.3 is 15.8 Å². The van der Waals surface area contributed by atoms with E-state index in [1.54, 1.807) is 0 Å². The molecule has 1 rings (SSSR count). The topological polar surface area (TPSA) is 121 Å². The van der Waals surface area contributed by atoms with E-state index in [0.29, 0.717) is 12.1 Å². The number of tetrazole rings is 1. The van der Waals surface area contributed by atoms with Crippen molar-refractivity contribution in [3.63, 3.8) is 0 Å². The van der Waals surface area contributed by atoms with Crippen LogP contribution in [0.1, 0.15) is 31.1 Å². The molecule has 0 saturated heterocycles. The highest BCUT2D eigenvalue weighted by Crippen LogP contribution is 2.12. The third-order valence-corrected chi connectivity index (χ3v) is 1.94. The van der Waals surface area contributed by atoms with E-state index in [1.165, 1.54) is 0 Å². The Morgan fingerprint density at radius 3 is 2.79 bits per heavy atom. The summed E-state index contributed by atoms with van der Waals surface area (Å²) in [4.78, 5) is 0. The molecule has 7 nitrogen and oxygen atoms in total. The van der Waals surface area contributed by atoms with Gasteiger partial charge in [-0.05, 0) is 23.2 Å². The van der Waals surface area contributed by atoms with Gasteiger partial charge in [0, 0.05) is 0 Å². The molecule has 1 heterocycles. The fourth-order valence-electron chi connectivity index (χ4n) is 1.15. The zero-order valence-corrected chi connectivity index (χ0v) is 7.80. The van der Waals surface area contributed by atoms with Crippen molar-refractivity contribution in [3.05, 3.63) is 5.82 Å². The molecule has 0 aliphatic carbocycles. The Balaban J connectivity index is 2.13. The first-order valence-corrected chi connectivity index (χ1v) is 4.55. The molecule has 1 unspecified atom stereocenters. The Bertz CT molecular complexity index is 242. The number of hydrogen-bond donors (Lipinski definition) is 4. The van der Waals surface area contributed by atoms with E-state index in [-0.39, 0.29) is 6.04 Å². The lowest BCUT2D eigenvalue weighted by Crippen LogP contribution is -2.13. The van der Waals surface area contributed by atoms with Crippen LogP contribution in [0.3, 0.4) is 0 Å². The molecule has 0 fully saturated rings. The molecule has 0 aliphatic heterocycles. The van der Waals surface area contributed by atoms with E-state index in [4.69, 9.17) is 15.8 Å². The van der Waals surface area contributed by atoms with Crippen molar-refractivity contribution in [1.29, 1.82) is 0 Å². The number of rotatable bonds is 6. The van der Waals surface area contributed by atoms with Gasteiger partial charge in [-0.1, -0.05) is 12.8 Å². The SMILES string of the molecule is NC(CCCCB(O)O)c1nnn[nH]1. The second kappa shape index (κ2) is 5.68.